The minimum atomic E-state index is 0.0670. The summed E-state index contributed by atoms with van der Waals surface area (Å²) in [6, 6.07) is 0. The molecule has 0 spiro atoms. The van der Waals surface area contributed by atoms with E-state index < -0.39 is 0 Å². The average molecular weight is 268 g/mol. The van der Waals surface area contributed by atoms with Gasteiger partial charge in [-0.3, -0.25) is 0 Å². The standard InChI is InChI=1S/C15H22ClNO/c1-8-6-15(8,7-17)12-11(4)13(16)9(2)10(3)14(12)18-5/h8H,6-7,17H2,1-5H3. The topological polar surface area (TPSA) is 35.2 Å². The third-order valence-corrected chi connectivity index (χ3v) is 5.25. The third-order valence-electron chi connectivity index (χ3n) is 4.68. The molecule has 2 nitrogen and oxygen atoms in total. The molecule has 0 radical (unpaired) electrons. The van der Waals surface area contributed by atoms with E-state index >= 15 is 0 Å². The number of halogens is 1. The molecule has 0 aromatic heterocycles. The lowest BCUT2D eigenvalue weighted by Crippen LogP contribution is -2.24. The molecule has 2 atom stereocenters. The second-order valence-corrected chi connectivity index (χ2v) is 5.94. The van der Waals surface area contributed by atoms with Crippen molar-refractivity contribution >= 4 is 11.6 Å². The molecule has 0 saturated heterocycles. The second kappa shape index (κ2) is 4.43. The molecular formula is C15H22ClNO. The maximum atomic E-state index is 6.46. The van der Waals surface area contributed by atoms with Gasteiger partial charge in [-0.1, -0.05) is 18.5 Å². The maximum absolute atomic E-state index is 6.46. The number of nitrogens with two attached hydrogens (primary N) is 1. The van der Waals surface area contributed by atoms with Gasteiger partial charge in [-0.25, -0.2) is 0 Å². The zero-order valence-corrected chi connectivity index (χ0v) is 12.6. The Morgan fingerprint density at radius 3 is 2.22 bits per heavy atom. The number of rotatable bonds is 3. The fourth-order valence-electron chi connectivity index (χ4n) is 3.16. The first kappa shape index (κ1) is 13.7. The lowest BCUT2D eigenvalue weighted by atomic mass is 9.86. The Labute approximate surface area is 114 Å². The van der Waals surface area contributed by atoms with Crippen LogP contribution in [0.3, 0.4) is 0 Å². The highest BCUT2D eigenvalue weighted by Gasteiger charge is 2.54. The summed E-state index contributed by atoms with van der Waals surface area (Å²) in [6.07, 6.45) is 1.12. The Kier molecular flexibility index (Phi) is 3.37. The van der Waals surface area contributed by atoms with Crippen molar-refractivity contribution < 1.29 is 4.74 Å². The summed E-state index contributed by atoms with van der Waals surface area (Å²) >= 11 is 6.46. The minimum Gasteiger partial charge on any atom is -0.496 e. The van der Waals surface area contributed by atoms with E-state index in [4.69, 9.17) is 22.1 Å². The summed E-state index contributed by atoms with van der Waals surface area (Å²) in [7, 11) is 1.73. The van der Waals surface area contributed by atoms with Crippen molar-refractivity contribution in [1.29, 1.82) is 0 Å². The monoisotopic (exact) mass is 267 g/mol. The average Bonchev–Trinajstić information content (AvgIpc) is 3.02. The Morgan fingerprint density at radius 2 is 1.83 bits per heavy atom. The third kappa shape index (κ3) is 1.66. The summed E-state index contributed by atoms with van der Waals surface area (Å²) in [6.45, 7) is 9.09. The molecule has 1 aliphatic rings. The lowest BCUT2D eigenvalue weighted by molar-refractivity contribution is 0.398. The summed E-state index contributed by atoms with van der Waals surface area (Å²) in [4.78, 5) is 0. The van der Waals surface area contributed by atoms with Crippen LogP contribution in [0, 0.1) is 26.7 Å². The van der Waals surface area contributed by atoms with E-state index in [1.165, 1.54) is 5.56 Å². The van der Waals surface area contributed by atoms with Crippen molar-refractivity contribution in [2.24, 2.45) is 11.7 Å². The van der Waals surface area contributed by atoms with Gasteiger partial charge in [0.05, 0.1) is 7.11 Å². The molecule has 1 fully saturated rings. The predicted molar refractivity (Wildman–Crippen MR) is 76.7 cm³/mol. The van der Waals surface area contributed by atoms with Crippen LogP contribution in [0.15, 0.2) is 0 Å². The largest absolute Gasteiger partial charge is 0.496 e. The van der Waals surface area contributed by atoms with Crippen LogP contribution in [-0.2, 0) is 5.41 Å². The Bertz CT molecular complexity index is 494. The zero-order valence-electron chi connectivity index (χ0n) is 11.9. The van der Waals surface area contributed by atoms with Crippen LogP contribution in [0.2, 0.25) is 5.02 Å². The SMILES string of the molecule is COc1c(C)c(C)c(Cl)c(C)c1C1(CN)CC1C. The lowest BCUT2D eigenvalue weighted by Gasteiger charge is -2.25. The fraction of sp³-hybridized carbons (Fsp3) is 0.600. The molecule has 0 heterocycles. The van der Waals surface area contributed by atoms with Gasteiger partial charge in [-0.05, 0) is 49.8 Å². The molecular weight excluding hydrogens is 246 g/mol. The Morgan fingerprint density at radius 1 is 1.28 bits per heavy atom. The van der Waals surface area contributed by atoms with Gasteiger partial charge in [0.1, 0.15) is 5.75 Å². The van der Waals surface area contributed by atoms with E-state index in [1.807, 2.05) is 6.92 Å². The van der Waals surface area contributed by atoms with Crippen LogP contribution < -0.4 is 10.5 Å². The van der Waals surface area contributed by atoms with Gasteiger partial charge in [0.2, 0.25) is 0 Å². The van der Waals surface area contributed by atoms with Gasteiger partial charge < -0.3 is 10.5 Å². The van der Waals surface area contributed by atoms with Crippen LogP contribution in [-0.4, -0.2) is 13.7 Å². The molecule has 2 rings (SSSR count). The molecule has 0 aliphatic heterocycles. The summed E-state index contributed by atoms with van der Waals surface area (Å²) in [5.41, 5.74) is 10.7. The highest BCUT2D eigenvalue weighted by atomic mass is 35.5. The second-order valence-electron chi connectivity index (χ2n) is 5.56. The molecule has 2 unspecified atom stereocenters. The van der Waals surface area contributed by atoms with Crippen molar-refractivity contribution in [2.75, 3.05) is 13.7 Å². The normalized spacial score (nSPS) is 26.3. The highest BCUT2D eigenvalue weighted by molar-refractivity contribution is 6.32. The molecule has 0 amide bonds. The van der Waals surface area contributed by atoms with Crippen molar-refractivity contribution in [3.8, 4) is 5.75 Å². The molecule has 1 saturated carbocycles. The first-order chi connectivity index (χ1) is 8.40. The van der Waals surface area contributed by atoms with E-state index in [9.17, 15) is 0 Å². The molecule has 1 aliphatic carbocycles. The number of hydrogen-bond donors (Lipinski definition) is 1. The van der Waals surface area contributed by atoms with Crippen molar-refractivity contribution in [2.45, 2.75) is 39.5 Å². The molecule has 1 aromatic carbocycles. The quantitative estimate of drug-likeness (QED) is 0.910. The Hall–Kier alpha value is -0.730. The van der Waals surface area contributed by atoms with E-state index in [0.29, 0.717) is 12.5 Å². The van der Waals surface area contributed by atoms with Crippen molar-refractivity contribution in [1.82, 2.24) is 0 Å². The number of methoxy groups -OCH3 is 1. The predicted octanol–water partition coefficient (Wildman–Crippen LogP) is 3.51. The van der Waals surface area contributed by atoms with Gasteiger partial charge in [0.15, 0.2) is 0 Å². The molecule has 18 heavy (non-hydrogen) atoms. The van der Waals surface area contributed by atoms with Crippen LogP contribution in [0.1, 0.15) is 35.6 Å². The van der Waals surface area contributed by atoms with Crippen LogP contribution in [0.25, 0.3) is 0 Å². The number of hydrogen-bond acceptors (Lipinski definition) is 2. The summed E-state index contributed by atoms with van der Waals surface area (Å²) < 4.78 is 5.66. The zero-order chi connectivity index (χ0) is 13.7. The highest BCUT2D eigenvalue weighted by Crippen LogP contribution is 2.58. The minimum absolute atomic E-state index is 0.0670. The van der Waals surface area contributed by atoms with Crippen LogP contribution in [0.4, 0.5) is 0 Å². The van der Waals surface area contributed by atoms with Gasteiger partial charge in [-0.15, -0.1) is 0 Å². The molecule has 3 heteroatoms. The van der Waals surface area contributed by atoms with E-state index in [0.717, 1.165) is 33.9 Å². The maximum Gasteiger partial charge on any atom is 0.126 e. The van der Waals surface area contributed by atoms with Gasteiger partial charge in [-0.2, -0.15) is 0 Å². The molecule has 1 aromatic rings. The van der Waals surface area contributed by atoms with E-state index in [-0.39, 0.29) is 5.41 Å². The molecule has 0 bridgehead atoms. The number of ether oxygens (including phenoxy) is 1. The van der Waals surface area contributed by atoms with Crippen LogP contribution in [0.5, 0.6) is 5.75 Å². The van der Waals surface area contributed by atoms with E-state index in [2.05, 4.69) is 20.8 Å². The van der Waals surface area contributed by atoms with Gasteiger partial charge >= 0.3 is 0 Å². The first-order valence-electron chi connectivity index (χ1n) is 6.44. The Balaban J connectivity index is 2.74. The van der Waals surface area contributed by atoms with Crippen molar-refractivity contribution in [3.63, 3.8) is 0 Å². The molecule has 100 valence electrons. The summed E-state index contributed by atoms with van der Waals surface area (Å²) in [5.74, 6) is 1.58. The van der Waals surface area contributed by atoms with Crippen LogP contribution >= 0.6 is 11.6 Å². The molecule has 2 N–H and O–H groups in total. The fourth-order valence-corrected chi connectivity index (χ4v) is 3.40. The smallest absolute Gasteiger partial charge is 0.126 e. The van der Waals surface area contributed by atoms with Gasteiger partial charge in [0, 0.05) is 22.5 Å². The van der Waals surface area contributed by atoms with Crippen molar-refractivity contribution in [3.05, 3.63) is 27.3 Å². The van der Waals surface area contributed by atoms with E-state index in [1.54, 1.807) is 7.11 Å². The first-order valence-corrected chi connectivity index (χ1v) is 6.82. The van der Waals surface area contributed by atoms with Gasteiger partial charge in [0.25, 0.3) is 0 Å². The number of benzene rings is 1. The summed E-state index contributed by atoms with van der Waals surface area (Å²) in [5, 5.41) is 0.857.